The Balaban J connectivity index is 1.75. The zero-order valence-corrected chi connectivity index (χ0v) is 14.4. The largest absolute Gasteiger partial charge is 0.355 e. The van der Waals surface area contributed by atoms with E-state index in [1.165, 1.54) is 30.4 Å². The van der Waals surface area contributed by atoms with E-state index >= 15 is 0 Å². The minimum absolute atomic E-state index is 0.161. The van der Waals surface area contributed by atoms with E-state index in [1.54, 1.807) is 0 Å². The Kier molecular flexibility index (Phi) is 3.39. The molecule has 5 atom stereocenters. The van der Waals surface area contributed by atoms with E-state index in [-0.39, 0.29) is 11.8 Å². The van der Waals surface area contributed by atoms with Crippen molar-refractivity contribution in [3.63, 3.8) is 0 Å². The first-order chi connectivity index (χ1) is 10.5. The number of rotatable bonds is 0. The van der Waals surface area contributed by atoms with Gasteiger partial charge in [-0.15, -0.1) is 0 Å². The van der Waals surface area contributed by atoms with E-state index in [1.807, 2.05) is 0 Å². The average Bonchev–Trinajstić information content (AvgIpc) is 2.49. The van der Waals surface area contributed by atoms with Crippen molar-refractivity contribution in [2.75, 3.05) is 6.54 Å². The Morgan fingerprint density at radius 1 is 1.09 bits per heavy atom. The molecule has 0 bridgehead atoms. The molecule has 1 aliphatic carbocycles. The predicted molar refractivity (Wildman–Crippen MR) is 89.8 cm³/mol. The highest BCUT2D eigenvalue weighted by Crippen LogP contribution is 2.52. The normalized spacial score (nSPS) is 40.5. The zero-order chi connectivity index (χ0) is 15.5. The average molecular weight is 299 g/mol. The monoisotopic (exact) mass is 299 g/mol. The molecule has 0 N–H and O–H groups in total. The van der Waals surface area contributed by atoms with Gasteiger partial charge in [0.05, 0.1) is 6.10 Å². The predicted octanol–water partition coefficient (Wildman–Crippen LogP) is 4.72. The molecule has 1 saturated heterocycles. The van der Waals surface area contributed by atoms with Gasteiger partial charge in [0.15, 0.2) is 0 Å². The lowest BCUT2D eigenvalue weighted by Crippen LogP contribution is -2.63. The van der Waals surface area contributed by atoms with Crippen LogP contribution in [0.15, 0.2) is 24.3 Å². The van der Waals surface area contributed by atoms with E-state index in [9.17, 15) is 0 Å². The molecule has 4 rings (SSSR count). The van der Waals surface area contributed by atoms with Crippen molar-refractivity contribution >= 4 is 0 Å². The van der Waals surface area contributed by atoms with Gasteiger partial charge >= 0.3 is 0 Å². The summed E-state index contributed by atoms with van der Waals surface area (Å²) in [6, 6.07) is 8.92. The molecule has 2 aliphatic heterocycles. The summed E-state index contributed by atoms with van der Waals surface area (Å²) in [7, 11) is 0. The van der Waals surface area contributed by atoms with Gasteiger partial charge in [-0.05, 0) is 49.7 Å². The molecule has 1 saturated carbocycles. The molecule has 2 nitrogen and oxygen atoms in total. The van der Waals surface area contributed by atoms with E-state index in [2.05, 4.69) is 56.9 Å². The SMILES string of the molecule is C[C@@H]1CC[C@@H]2[C@@H](C1)OC1c3ccccc3[C@@H](C)CN1C2(C)C. The summed E-state index contributed by atoms with van der Waals surface area (Å²) >= 11 is 0. The number of fused-ring (bicyclic) bond motifs is 4. The maximum atomic E-state index is 6.70. The number of nitrogens with zero attached hydrogens (tertiary/aromatic N) is 1. The molecule has 1 unspecified atom stereocenters. The number of ether oxygens (including phenoxy) is 1. The van der Waals surface area contributed by atoms with Crippen molar-refractivity contribution < 1.29 is 4.74 Å². The molecule has 22 heavy (non-hydrogen) atoms. The summed E-state index contributed by atoms with van der Waals surface area (Å²) in [5.41, 5.74) is 3.13. The van der Waals surface area contributed by atoms with Crippen LogP contribution in [0.4, 0.5) is 0 Å². The van der Waals surface area contributed by atoms with Crippen LogP contribution in [0.25, 0.3) is 0 Å². The topological polar surface area (TPSA) is 12.5 Å². The van der Waals surface area contributed by atoms with Crippen LogP contribution in [0.2, 0.25) is 0 Å². The molecule has 0 radical (unpaired) electrons. The van der Waals surface area contributed by atoms with Gasteiger partial charge in [0.1, 0.15) is 6.23 Å². The first-order valence-corrected chi connectivity index (χ1v) is 8.99. The summed E-state index contributed by atoms with van der Waals surface area (Å²) in [6.45, 7) is 10.8. The summed E-state index contributed by atoms with van der Waals surface area (Å²) in [5.74, 6) is 2.08. The van der Waals surface area contributed by atoms with Crippen LogP contribution in [-0.2, 0) is 4.74 Å². The van der Waals surface area contributed by atoms with Crippen molar-refractivity contribution in [2.45, 2.75) is 70.7 Å². The van der Waals surface area contributed by atoms with Gasteiger partial charge in [0, 0.05) is 18.0 Å². The highest BCUT2D eigenvalue weighted by molar-refractivity contribution is 5.35. The third-order valence-electron chi connectivity index (χ3n) is 6.55. The molecule has 120 valence electrons. The Labute approximate surface area is 134 Å². The number of hydrogen-bond donors (Lipinski definition) is 0. The second-order valence-corrected chi connectivity index (χ2v) is 8.39. The highest BCUT2D eigenvalue weighted by atomic mass is 16.5. The van der Waals surface area contributed by atoms with Crippen LogP contribution >= 0.6 is 0 Å². The molecule has 1 aromatic carbocycles. The minimum Gasteiger partial charge on any atom is -0.355 e. The lowest BCUT2D eigenvalue weighted by Gasteiger charge is -2.59. The van der Waals surface area contributed by atoms with Crippen molar-refractivity contribution in [3.05, 3.63) is 35.4 Å². The van der Waals surface area contributed by atoms with E-state index in [4.69, 9.17) is 4.74 Å². The summed E-state index contributed by atoms with van der Waals surface area (Å²) in [6.07, 6.45) is 4.50. The van der Waals surface area contributed by atoms with Gasteiger partial charge < -0.3 is 4.74 Å². The van der Waals surface area contributed by atoms with Crippen molar-refractivity contribution in [3.8, 4) is 0 Å². The van der Waals surface area contributed by atoms with Crippen molar-refractivity contribution in [1.82, 2.24) is 4.90 Å². The lowest BCUT2D eigenvalue weighted by atomic mass is 9.68. The molecule has 3 aliphatic rings. The van der Waals surface area contributed by atoms with Gasteiger partial charge in [0.2, 0.25) is 0 Å². The molecule has 0 spiro atoms. The molecule has 1 aromatic rings. The van der Waals surface area contributed by atoms with Crippen molar-refractivity contribution in [1.29, 1.82) is 0 Å². The third-order valence-corrected chi connectivity index (χ3v) is 6.55. The summed E-state index contributed by atoms with van der Waals surface area (Å²) in [5, 5.41) is 0. The van der Waals surface area contributed by atoms with E-state index in [0.717, 1.165) is 12.5 Å². The minimum atomic E-state index is 0.161. The Morgan fingerprint density at radius 3 is 2.59 bits per heavy atom. The molecular weight excluding hydrogens is 270 g/mol. The Bertz CT molecular complexity index is 567. The quantitative estimate of drug-likeness (QED) is 0.687. The van der Waals surface area contributed by atoms with E-state index < -0.39 is 0 Å². The smallest absolute Gasteiger partial charge is 0.137 e. The van der Waals surface area contributed by atoms with Gasteiger partial charge in [0.25, 0.3) is 0 Å². The maximum absolute atomic E-state index is 6.70. The molecule has 2 heterocycles. The molecule has 2 fully saturated rings. The van der Waals surface area contributed by atoms with Crippen LogP contribution in [0.3, 0.4) is 0 Å². The van der Waals surface area contributed by atoms with Crippen LogP contribution < -0.4 is 0 Å². The van der Waals surface area contributed by atoms with Gasteiger partial charge in [-0.25, -0.2) is 0 Å². The maximum Gasteiger partial charge on any atom is 0.137 e. The summed E-state index contributed by atoms with van der Waals surface area (Å²) < 4.78 is 6.70. The van der Waals surface area contributed by atoms with Crippen LogP contribution in [0.1, 0.15) is 70.2 Å². The number of hydrogen-bond acceptors (Lipinski definition) is 2. The Hall–Kier alpha value is -0.860. The first kappa shape index (κ1) is 14.7. The van der Waals surface area contributed by atoms with Crippen LogP contribution in [-0.4, -0.2) is 23.1 Å². The second kappa shape index (κ2) is 5.07. The fourth-order valence-corrected chi connectivity index (χ4v) is 5.19. The van der Waals surface area contributed by atoms with Gasteiger partial charge in [-0.1, -0.05) is 44.5 Å². The van der Waals surface area contributed by atoms with Crippen LogP contribution in [0, 0.1) is 11.8 Å². The molecule has 2 heteroatoms. The fourth-order valence-electron chi connectivity index (χ4n) is 5.19. The fraction of sp³-hybridized carbons (Fsp3) is 0.700. The first-order valence-electron chi connectivity index (χ1n) is 8.99. The van der Waals surface area contributed by atoms with Crippen molar-refractivity contribution in [2.24, 2.45) is 11.8 Å². The van der Waals surface area contributed by atoms with E-state index in [0.29, 0.717) is 17.9 Å². The van der Waals surface area contributed by atoms with Gasteiger partial charge in [-0.3, -0.25) is 4.90 Å². The molecule has 0 aromatic heterocycles. The summed E-state index contributed by atoms with van der Waals surface area (Å²) in [4.78, 5) is 2.65. The number of benzene rings is 1. The third kappa shape index (κ3) is 2.07. The molecule has 0 amide bonds. The van der Waals surface area contributed by atoms with Gasteiger partial charge in [-0.2, -0.15) is 0 Å². The highest BCUT2D eigenvalue weighted by Gasteiger charge is 2.52. The lowest BCUT2D eigenvalue weighted by molar-refractivity contribution is -0.242. The standard InChI is InChI=1S/C20H29NO/c1-13-9-10-17-18(11-13)22-19-16-8-6-5-7-15(16)14(2)12-21(19)20(17,3)4/h5-8,13-14,17-19H,9-12H2,1-4H3/t13-,14+,17-,18-,19?/m1/s1. The molecular formula is C20H29NO. The zero-order valence-electron chi connectivity index (χ0n) is 14.4. The van der Waals surface area contributed by atoms with Crippen LogP contribution in [0.5, 0.6) is 0 Å². The second-order valence-electron chi connectivity index (χ2n) is 8.39. The Morgan fingerprint density at radius 2 is 1.82 bits per heavy atom.